The zero-order chi connectivity index (χ0) is 13.7. The first kappa shape index (κ1) is 14.3. The summed E-state index contributed by atoms with van der Waals surface area (Å²) in [5.74, 6) is 6.38. The zero-order valence-electron chi connectivity index (χ0n) is 11.5. The van der Waals surface area contributed by atoms with Gasteiger partial charge in [-0.05, 0) is 12.1 Å². The van der Waals surface area contributed by atoms with E-state index >= 15 is 0 Å². The van der Waals surface area contributed by atoms with Crippen LogP contribution in [-0.2, 0) is 22.9 Å². The molecule has 0 radical (unpaired) electrons. The molecule has 1 aromatic heterocycles. The second-order valence-corrected chi connectivity index (χ2v) is 4.73. The second-order valence-electron chi connectivity index (χ2n) is 4.73. The summed E-state index contributed by atoms with van der Waals surface area (Å²) in [6, 6.07) is -0.0550. The minimum Gasteiger partial charge on any atom is -0.381 e. The van der Waals surface area contributed by atoms with Crippen LogP contribution in [-0.4, -0.2) is 51.7 Å². The van der Waals surface area contributed by atoms with Crippen molar-refractivity contribution in [1.82, 2.24) is 25.6 Å². The van der Waals surface area contributed by atoms with Gasteiger partial charge >= 0.3 is 0 Å². The molecule has 3 N–H and O–H groups in total. The van der Waals surface area contributed by atoms with Gasteiger partial charge in [-0.15, -0.1) is 10.2 Å². The van der Waals surface area contributed by atoms with Gasteiger partial charge in [0.2, 0.25) is 0 Å². The van der Waals surface area contributed by atoms with Gasteiger partial charge in [0.1, 0.15) is 0 Å². The Hall–Kier alpha value is -1.09. The Balaban J connectivity index is 2.12. The van der Waals surface area contributed by atoms with Crippen molar-refractivity contribution < 1.29 is 9.47 Å². The van der Waals surface area contributed by atoms with Gasteiger partial charge in [-0.2, -0.15) is 4.80 Å². The molecule has 0 aromatic carbocycles. The highest BCUT2D eigenvalue weighted by molar-refractivity contribution is 4.99. The molecule has 8 heteroatoms. The van der Waals surface area contributed by atoms with Crippen molar-refractivity contribution in [2.75, 3.05) is 19.8 Å². The number of hydrogen-bond donors (Lipinski definition) is 2. The summed E-state index contributed by atoms with van der Waals surface area (Å²) in [5, 5.41) is 12.0. The van der Waals surface area contributed by atoms with Crippen LogP contribution < -0.4 is 11.3 Å². The maximum absolute atomic E-state index is 6.00. The maximum Gasteiger partial charge on any atom is 0.176 e. The smallest absolute Gasteiger partial charge is 0.176 e. The third-order valence-corrected chi connectivity index (χ3v) is 3.54. The van der Waals surface area contributed by atoms with Crippen molar-refractivity contribution >= 4 is 0 Å². The number of aromatic nitrogens is 4. The van der Waals surface area contributed by atoms with Crippen molar-refractivity contribution in [2.24, 2.45) is 12.9 Å². The number of hydrogen-bond acceptors (Lipinski definition) is 7. The summed E-state index contributed by atoms with van der Waals surface area (Å²) >= 11 is 0. The Kier molecular flexibility index (Phi) is 4.81. The minimum atomic E-state index is -0.319. The van der Waals surface area contributed by atoms with Crippen LogP contribution in [0.15, 0.2) is 0 Å². The molecular formula is C11H22N6O2. The largest absolute Gasteiger partial charge is 0.381 e. The summed E-state index contributed by atoms with van der Waals surface area (Å²) in [7, 11) is 1.74. The van der Waals surface area contributed by atoms with E-state index in [0.29, 0.717) is 32.1 Å². The van der Waals surface area contributed by atoms with Crippen molar-refractivity contribution in [3.63, 3.8) is 0 Å². The number of rotatable bonds is 6. The maximum atomic E-state index is 6.00. The average molecular weight is 270 g/mol. The van der Waals surface area contributed by atoms with E-state index in [0.717, 1.165) is 12.8 Å². The summed E-state index contributed by atoms with van der Waals surface area (Å²) < 4.78 is 11.4. The fourth-order valence-electron chi connectivity index (χ4n) is 2.58. The van der Waals surface area contributed by atoms with Crippen LogP contribution in [0.1, 0.15) is 25.6 Å². The molecule has 8 nitrogen and oxygen atoms in total. The highest BCUT2D eigenvalue weighted by atomic mass is 16.5. The Morgan fingerprint density at radius 1 is 1.53 bits per heavy atom. The number of nitrogens with two attached hydrogens (primary N) is 1. The van der Waals surface area contributed by atoms with Crippen molar-refractivity contribution in [2.45, 2.75) is 37.8 Å². The van der Waals surface area contributed by atoms with Crippen LogP contribution in [0.5, 0.6) is 0 Å². The van der Waals surface area contributed by atoms with E-state index in [1.54, 1.807) is 7.05 Å². The minimum absolute atomic E-state index is 0.0550. The van der Waals surface area contributed by atoms with Crippen LogP contribution >= 0.6 is 0 Å². The Labute approximate surface area is 112 Å². The summed E-state index contributed by atoms with van der Waals surface area (Å²) in [6.45, 7) is 4.01. The van der Waals surface area contributed by atoms with Gasteiger partial charge in [-0.25, -0.2) is 0 Å². The molecule has 2 heterocycles. The molecule has 0 saturated carbocycles. The molecule has 1 fully saturated rings. The van der Waals surface area contributed by atoms with E-state index in [1.165, 1.54) is 4.80 Å². The van der Waals surface area contributed by atoms with Crippen molar-refractivity contribution in [1.29, 1.82) is 0 Å². The average Bonchev–Trinajstić information content (AvgIpc) is 2.83. The number of nitrogens with one attached hydrogen (secondary N) is 1. The number of nitrogens with zero attached hydrogens (tertiary/aromatic N) is 4. The monoisotopic (exact) mass is 270 g/mol. The van der Waals surface area contributed by atoms with Crippen molar-refractivity contribution in [3.8, 4) is 0 Å². The van der Waals surface area contributed by atoms with Gasteiger partial charge in [0, 0.05) is 39.1 Å². The number of hydrazine groups is 1. The Morgan fingerprint density at radius 2 is 2.26 bits per heavy atom. The first-order valence-electron chi connectivity index (χ1n) is 6.61. The molecule has 0 spiro atoms. The van der Waals surface area contributed by atoms with E-state index < -0.39 is 0 Å². The SMILES string of the molecule is CCOC1(C(Cc2nnn(C)n2)NN)CCOCC1. The summed E-state index contributed by atoms with van der Waals surface area (Å²) in [5.41, 5.74) is 2.54. The molecule has 1 saturated heterocycles. The fourth-order valence-corrected chi connectivity index (χ4v) is 2.58. The predicted molar refractivity (Wildman–Crippen MR) is 68.0 cm³/mol. The lowest BCUT2D eigenvalue weighted by Crippen LogP contribution is -2.58. The quantitative estimate of drug-likeness (QED) is 0.514. The van der Waals surface area contributed by atoms with Crippen LogP contribution in [0.25, 0.3) is 0 Å². The van der Waals surface area contributed by atoms with Crippen LogP contribution in [0, 0.1) is 0 Å². The molecule has 1 aliphatic heterocycles. The molecule has 1 unspecified atom stereocenters. The van der Waals surface area contributed by atoms with E-state index in [2.05, 4.69) is 20.8 Å². The standard InChI is InChI=1S/C11H22N6O2/c1-3-19-11(4-6-18-7-5-11)9(13-12)8-10-14-16-17(2)15-10/h9,13H,3-8,12H2,1-2H3. The molecule has 2 rings (SSSR count). The van der Waals surface area contributed by atoms with Gasteiger partial charge in [0.05, 0.1) is 18.7 Å². The lowest BCUT2D eigenvalue weighted by Gasteiger charge is -2.42. The molecule has 19 heavy (non-hydrogen) atoms. The number of aryl methyl sites for hydroxylation is 1. The molecule has 0 aliphatic carbocycles. The van der Waals surface area contributed by atoms with E-state index in [9.17, 15) is 0 Å². The Morgan fingerprint density at radius 3 is 2.79 bits per heavy atom. The van der Waals surface area contributed by atoms with Crippen LogP contribution in [0.3, 0.4) is 0 Å². The van der Waals surface area contributed by atoms with Gasteiger partial charge in [-0.3, -0.25) is 11.3 Å². The normalized spacial score (nSPS) is 20.4. The zero-order valence-corrected chi connectivity index (χ0v) is 11.5. The molecule has 0 bridgehead atoms. The third kappa shape index (κ3) is 3.27. The molecule has 0 amide bonds. The number of ether oxygens (including phenoxy) is 2. The van der Waals surface area contributed by atoms with Gasteiger partial charge in [0.15, 0.2) is 5.82 Å². The summed E-state index contributed by atoms with van der Waals surface area (Å²) in [6.07, 6.45) is 2.22. The molecule has 1 atom stereocenters. The first-order valence-corrected chi connectivity index (χ1v) is 6.61. The van der Waals surface area contributed by atoms with E-state index in [-0.39, 0.29) is 11.6 Å². The van der Waals surface area contributed by atoms with Crippen LogP contribution in [0.2, 0.25) is 0 Å². The van der Waals surface area contributed by atoms with Gasteiger partial charge < -0.3 is 9.47 Å². The number of tetrazole rings is 1. The fraction of sp³-hybridized carbons (Fsp3) is 0.909. The lowest BCUT2D eigenvalue weighted by atomic mass is 9.84. The first-order chi connectivity index (χ1) is 9.20. The molecule has 1 aliphatic rings. The highest BCUT2D eigenvalue weighted by Gasteiger charge is 2.41. The van der Waals surface area contributed by atoms with E-state index in [4.69, 9.17) is 15.3 Å². The van der Waals surface area contributed by atoms with Gasteiger partial charge in [0.25, 0.3) is 0 Å². The second kappa shape index (κ2) is 6.38. The highest BCUT2D eigenvalue weighted by Crippen LogP contribution is 2.30. The molecule has 1 aromatic rings. The van der Waals surface area contributed by atoms with Crippen molar-refractivity contribution in [3.05, 3.63) is 5.82 Å². The predicted octanol–water partition coefficient (Wildman–Crippen LogP) is -0.830. The van der Waals surface area contributed by atoms with E-state index in [1.807, 2.05) is 6.92 Å². The topological polar surface area (TPSA) is 100 Å². The van der Waals surface area contributed by atoms with Crippen LogP contribution in [0.4, 0.5) is 0 Å². The third-order valence-electron chi connectivity index (χ3n) is 3.54. The molecule has 108 valence electrons. The summed E-state index contributed by atoms with van der Waals surface area (Å²) in [4.78, 5) is 1.44. The van der Waals surface area contributed by atoms with Gasteiger partial charge in [-0.1, -0.05) is 0 Å². The lowest BCUT2D eigenvalue weighted by molar-refractivity contribution is -0.126. The Bertz CT molecular complexity index is 385. The molecular weight excluding hydrogens is 248 g/mol.